The number of fused-ring (bicyclic) bond motifs is 1. The molecule has 8 nitrogen and oxygen atoms in total. The Bertz CT molecular complexity index is 895. The van der Waals surface area contributed by atoms with E-state index in [2.05, 4.69) is 10.3 Å². The number of para-hydroxylation sites is 2. The second kappa shape index (κ2) is 5.38. The molecule has 0 N–H and O–H groups in total. The molecule has 1 fully saturated rings. The van der Waals surface area contributed by atoms with Crippen LogP contribution in [0.4, 0.5) is 0 Å². The van der Waals surface area contributed by atoms with Crippen LogP contribution in [0.5, 0.6) is 0 Å². The van der Waals surface area contributed by atoms with Crippen LogP contribution in [0.2, 0.25) is 0 Å². The predicted molar refractivity (Wildman–Crippen MR) is 80.7 cm³/mol. The third-order valence-corrected chi connectivity index (χ3v) is 4.20. The summed E-state index contributed by atoms with van der Waals surface area (Å²) in [5, 5.41) is 7.78. The number of benzene rings is 1. The summed E-state index contributed by atoms with van der Waals surface area (Å²) >= 11 is 0. The molecule has 3 aromatic rings. The van der Waals surface area contributed by atoms with E-state index in [4.69, 9.17) is 4.42 Å². The molecule has 1 saturated heterocycles. The van der Waals surface area contributed by atoms with Crippen LogP contribution in [0.3, 0.4) is 0 Å². The van der Waals surface area contributed by atoms with Crippen molar-refractivity contribution >= 4 is 17.0 Å². The van der Waals surface area contributed by atoms with Crippen molar-refractivity contribution in [2.75, 3.05) is 13.1 Å². The zero-order chi connectivity index (χ0) is 15.8. The van der Waals surface area contributed by atoms with Crippen molar-refractivity contribution in [3.63, 3.8) is 0 Å². The second-order valence-electron chi connectivity index (χ2n) is 5.59. The lowest BCUT2D eigenvalue weighted by atomic mass is 10.3. The number of carbonyl (C=O) groups is 1. The lowest BCUT2D eigenvalue weighted by Crippen LogP contribution is -2.34. The second-order valence-corrected chi connectivity index (χ2v) is 5.59. The van der Waals surface area contributed by atoms with Gasteiger partial charge in [0.05, 0.1) is 17.8 Å². The summed E-state index contributed by atoms with van der Waals surface area (Å²) in [6.07, 6.45) is 4.25. The molecule has 8 heteroatoms. The standard InChI is InChI=1S/C15H15N5O3/c21-14(18-7-5-11(9-18)20-8-6-16-17-20)10-19-12-3-1-2-4-13(12)23-15(19)22/h1-4,6,8,11H,5,7,9-10H2. The van der Waals surface area contributed by atoms with Crippen molar-refractivity contribution in [2.45, 2.75) is 19.0 Å². The largest absolute Gasteiger partial charge is 0.420 e. The first-order valence-corrected chi connectivity index (χ1v) is 7.44. The van der Waals surface area contributed by atoms with Crippen molar-refractivity contribution in [2.24, 2.45) is 0 Å². The number of likely N-dealkylation sites (tertiary alicyclic amines) is 1. The van der Waals surface area contributed by atoms with Gasteiger partial charge in [-0.2, -0.15) is 0 Å². The van der Waals surface area contributed by atoms with E-state index >= 15 is 0 Å². The van der Waals surface area contributed by atoms with E-state index in [0.29, 0.717) is 24.2 Å². The van der Waals surface area contributed by atoms with Gasteiger partial charge in [0, 0.05) is 19.3 Å². The van der Waals surface area contributed by atoms with Crippen LogP contribution < -0.4 is 5.76 Å². The lowest BCUT2D eigenvalue weighted by Gasteiger charge is -2.16. The molecule has 0 radical (unpaired) electrons. The topological polar surface area (TPSA) is 86.2 Å². The molecule has 1 aromatic carbocycles. The number of amides is 1. The van der Waals surface area contributed by atoms with Gasteiger partial charge < -0.3 is 9.32 Å². The van der Waals surface area contributed by atoms with Crippen LogP contribution in [0.15, 0.2) is 45.9 Å². The Morgan fingerprint density at radius 1 is 1.35 bits per heavy atom. The van der Waals surface area contributed by atoms with Gasteiger partial charge in [-0.25, -0.2) is 9.48 Å². The van der Waals surface area contributed by atoms with Crippen LogP contribution in [-0.2, 0) is 11.3 Å². The smallest absolute Gasteiger partial charge is 0.408 e. The minimum atomic E-state index is -0.508. The van der Waals surface area contributed by atoms with Crippen molar-refractivity contribution in [1.29, 1.82) is 0 Å². The van der Waals surface area contributed by atoms with E-state index in [9.17, 15) is 9.59 Å². The van der Waals surface area contributed by atoms with Crippen LogP contribution >= 0.6 is 0 Å². The van der Waals surface area contributed by atoms with Gasteiger partial charge in [-0.1, -0.05) is 17.3 Å². The molecule has 1 unspecified atom stereocenters. The molecule has 4 rings (SSSR count). The fourth-order valence-corrected chi connectivity index (χ4v) is 3.00. The SMILES string of the molecule is O=C(Cn1c(=O)oc2ccccc21)N1CCC(n2ccnn2)C1. The average molecular weight is 313 g/mol. The van der Waals surface area contributed by atoms with Gasteiger partial charge in [-0.15, -0.1) is 5.10 Å². The monoisotopic (exact) mass is 313 g/mol. The van der Waals surface area contributed by atoms with Crippen molar-refractivity contribution < 1.29 is 9.21 Å². The summed E-state index contributed by atoms with van der Waals surface area (Å²) in [5.41, 5.74) is 1.13. The van der Waals surface area contributed by atoms with Crippen molar-refractivity contribution in [1.82, 2.24) is 24.5 Å². The van der Waals surface area contributed by atoms with Gasteiger partial charge >= 0.3 is 5.76 Å². The van der Waals surface area contributed by atoms with Crippen molar-refractivity contribution in [3.8, 4) is 0 Å². The molecular formula is C15H15N5O3. The van der Waals surface area contributed by atoms with Crippen LogP contribution in [-0.4, -0.2) is 43.5 Å². The van der Waals surface area contributed by atoms with Gasteiger partial charge in [0.25, 0.3) is 0 Å². The van der Waals surface area contributed by atoms with Gasteiger partial charge in [-0.3, -0.25) is 9.36 Å². The minimum Gasteiger partial charge on any atom is -0.408 e. The minimum absolute atomic E-state index is 0.0140. The summed E-state index contributed by atoms with van der Waals surface area (Å²) in [5.74, 6) is -0.604. The fraction of sp³-hybridized carbons (Fsp3) is 0.333. The highest BCUT2D eigenvalue weighted by molar-refractivity contribution is 5.79. The maximum Gasteiger partial charge on any atom is 0.420 e. The van der Waals surface area contributed by atoms with E-state index in [0.717, 1.165) is 6.42 Å². The molecule has 2 aromatic heterocycles. The van der Waals surface area contributed by atoms with E-state index < -0.39 is 5.76 Å². The zero-order valence-corrected chi connectivity index (χ0v) is 12.3. The Morgan fingerprint density at radius 3 is 3.04 bits per heavy atom. The first-order valence-electron chi connectivity index (χ1n) is 7.44. The van der Waals surface area contributed by atoms with Crippen molar-refractivity contribution in [3.05, 3.63) is 47.2 Å². The first-order chi connectivity index (χ1) is 11.2. The molecule has 0 spiro atoms. The molecule has 0 bridgehead atoms. The number of oxazole rings is 1. The van der Waals surface area contributed by atoms with E-state index in [1.807, 2.05) is 6.07 Å². The Morgan fingerprint density at radius 2 is 2.22 bits per heavy atom. The predicted octanol–water partition coefficient (Wildman–Crippen LogP) is 0.660. The third-order valence-electron chi connectivity index (χ3n) is 4.20. The molecule has 1 aliphatic rings. The molecule has 3 heterocycles. The lowest BCUT2D eigenvalue weighted by molar-refractivity contribution is -0.130. The molecule has 23 heavy (non-hydrogen) atoms. The molecule has 1 aliphatic heterocycles. The maximum atomic E-state index is 12.5. The quantitative estimate of drug-likeness (QED) is 0.709. The summed E-state index contributed by atoms with van der Waals surface area (Å²) in [6, 6.07) is 7.23. The molecule has 118 valence electrons. The normalized spacial score (nSPS) is 17.9. The molecule has 0 saturated carbocycles. The average Bonchev–Trinajstić information content (AvgIpc) is 3.27. The zero-order valence-electron chi connectivity index (χ0n) is 12.3. The number of aromatic nitrogens is 4. The molecule has 0 aliphatic carbocycles. The van der Waals surface area contributed by atoms with E-state index in [-0.39, 0.29) is 18.5 Å². The molecular weight excluding hydrogens is 298 g/mol. The van der Waals surface area contributed by atoms with Crippen LogP contribution in [0, 0.1) is 0 Å². The van der Waals surface area contributed by atoms with Gasteiger partial charge in [0.15, 0.2) is 5.58 Å². The van der Waals surface area contributed by atoms with Gasteiger partial charge in [0.2, 0.25) is 5.91 Å². The van der Waals surface area contributed by atoms with Crippen LogP contribution in [0.25, 0.3) is 11.1 Å². The Labute approximate surface area is 130 Å². The summed E-state index contributed by atoms with van der Waals surface area (Å²) < 4.78 is 8.30. The number of rotatable bonds is 3. The Hall–Kier alpha value is -2.90. The molecule has 1 atom stereocenters. The highest BCUT2D eigenvalue weighted by Gasteiger charge is 2.28. The Balaban J connectivity index is 1.52. The number of hydrogen-bond acceptors (Lipinski definition) is 5. The third kappa shape index (κ3) is 2.41. The Kier molecular flexibility index (Phi) is 3.22. The summed E-state index contributed by atoms with van der Waals surface area (Å²) in [6.45, 7) is 1.21. The number of hydrogen-bond donors (Lipinski definition) is 0. The number of carbonyl (C=O) groups excluding carboxylic acids is 1. The first kappa shape index (κ1) is 13.7. The van der Waals surface area contributed by atoms with E-state index in [1.165, 1.54) is 4.57 Å². The summed E-state index contributed by atoms with van der Waals surface area (Å²) in [4.78, 5) is 26.2. The fourth-order valence-electron chi connectivity index (χ4n) is 3.00. The number of nitrogens with zero attached hydrogens (tertiary/aromatic N) is 5. The van der Waals surface area contributed by atoms with Gasteiger partial charge in [0.1, 0.15) is 6.54 Å². The van der Waals surface area contributed by atoms with E-state index in [1.54, 1.807) is 40.2 Å². The summed E-state index contributed by atoms with van der Waals surface area (Å²) in [7, 11) is 0. The molecule has 1 amide bonds. The highest BCUT2D eigenvalue weighted by Crippen LogP contribution is 2.21. The highest BCUT2D eigenvalue weighted by atomic mass is 16.4. The van der Waals surface area contributed by atoms with Gasteiger partial charge in [-0.05, 0) is 18.6 Å². The maximum absolute atomic E-state index is 12.5. The van der Waals surface area contributed by atoms with Crippen LogP contribution in [0.1, 0.15) is 12.5 Å².